The van der Waals surface area contributed by atoms with Gasteiger partial charge in [-0.2, -0.15) is 0 Å². The van der Waals surface area contributed by atoms with Crippen LogP contribution in [0.3, 0.4) is 0 Å². The average Bonchev–Trinajstić information content (AvgIpc) is 2.49. The molecule has 0 aliphatic heterocycles. The second-order valence-electron chi connectivity index (χ2n) is 4.86. The third-order valence-electron chi connectivity index (χ3n) is 3.17. The van der Waals surface area contributed by atoms with Crippen molar-refractivity contribution in [2.45, 2.75) is 12.5 Å². The molecule has 2 aromatic carbocycles. The molecule has 0 heterocycles. The Hall–Kier alpha value is -2.03. The van der Waals surface area contributed by atoms with Gasteiger partial charge in [0.1, 0.15) is 6.04 Å². The van der Waals surface area contributed by atoms with Crippen LogP contribution in [0.25, 0.3) is 0 Å². The van der Waals surface area contributed by atoms with Gasteiger partial charge >= 0.3 is 0 Å². The number of halogens is 3. The first-order valence-corrected chi connectivity index (χ1v) is 7.75. The minimum absolute atomic E-state index is 0.162. The first-order chi connectivity index (χ1) is 10.9. The summed E-state index contributed by atoms with van der Waals surface area (Å²) in [6.45, 7) is 0. The summed E-state index contributed by atoms with van der Waals surface area (Å²) in [5.74, 6) is -4.04. The van der Waals surface area contributed by atoms with Gasteiger partial charge in [-0.3, -0.25) is 9.59 Å². The van der Waals surface area contributed by atoms with Gasteiger partial charge in [-0.15, -0.1) is 0 Å². The van der Waals surface area contributed by atoms with Crippen LogP contribution in [0.4, 0.5) is 8.78 Å². The molecule has 2 rings (SSSR count). The van der Waals surface area contributed by atoms with Gasteiger partial charge in [0.15, 0.2) is 11.6 Å². The maximum absolute atomic E-state index is 13.6. The summed E-state index contributed by atoms with van der Waals surface area (Å²) in [7, 11) is 0. The molecule has 1 atom stereocenters. The van der Waals surface area contributed by atoms with Crippen LogP contribution < -0.4 is 11.1 Å². The standard InChI is InChI=1S/C16H13F2IN2O2/c17-12-6-2-5-11(14(12)18)16(23)21-13(15(20)22)8-9-3-1-4-10(19)7-9/h1-7,13H,8H2,(H2,20,22)(H,21,23)/t13-/m1/s1. The quantitative estimate of drug-likeness (QED) is 0.716. The van der Waals surface area contributed by atoms with Crippen molar-refractivity contribution in [3.63, 3.8) is 0 Å². The third-order valence-corrected chi connectivity index (χ3v) is 3.84. The lowest BCUT2D eigenvalue weighted by Crippen LogP contribution is -2.46. The normalized spacial score (nSPS) is 11.8. The number of hydrogen-bond acceptors (Lipinski definition) is 2. The van der Waals surface area contributed by atoms with Gasteiger partial charge in [-0.25, -0.2) is 8.78 Å². The summed E-state index contributed by atoms with van der Waals surface area (Å²) < 4.78 is 27.8. The molecule has 0 fully saturated rings. The van der Waals surface area contributed by atoms with Crippen molar-refractivity contribution in [1.82, 2.24) is 5.32 Å². The molecule has 2 amide bonds. The fraction of sp³-hybridized carbons (Fsp3) is 0.125. The van der Waals surface area contributed by atoms with E-state index in [1.807, 2.05) is 18.2 Å². The second kappa shape index (κ2) is 7.49. The van der Waals surface area contributed by atoms with Crippen LogP contribution in [-0.4, -0.2) is 17.9 Å². The van der Waals surface area contributed by atoms with Gasteiger partial charge in [0, 0.05) is 9.99 Å². The van der Waals surface area contributed by atoms with Crippen molar-refractivity contribution in [2.75, 3.05) is 0 Å². The van der Waals surface area contributed by atoms with Gasteiger partial charge in [0.25, 0.3) is 5.91 Å². The van der Waals surface area contributed by atoms with E-state index in [9.17, 15) is 18.4 Å². The Morgan fingerprint density at radius 3 is 2.52 bits per heavy atom. The number of carbonyl (C=O) groups excluding carboxylic acids is 2. The van der Waals surface area contributed by atoms with Crippen molar-refractivity contribution in [3.8, 4) is 0 Å². The summed E-state index contributed by atoms with van der Waals surface area (Å²) in [5, 5.41) is 2.35. The molecule has 0 saturated heterocycles. The van der Waals surface area contributed by atoms with E-state index < -0.39 is 35.1 Å². The van der Waals surface area contributed by atoms with Crippen molar-refractivity contribution < 1.29 is 18.4 Å². The molecule has 0 bridgehead atoms. The van der Waals surface area contributed by atoms with Crippen LogP contribution in [0.1, 0.15) is 15.9 Å². The second-order valence-corrected chi connectivity index (χ2v) is 6.11. The van der Waals surface area contributed by atoms with Gasteiger partial charge in [0.05, 0.1) is 5.56 Å². The van der Waals surface area contributed by atoms with E-state index in [2.05, 4.69) is 27.9 Å². The van der Waals surface area contributed by atoms with Crippen LogP contribution in [0, 0.1) is 15.2 Å². The lowest BCUT2D eigenvalue weighted by Gasteiger charge is -2.16. The van der Waals surface area contributed by atoms with Crippen LogP contribution in [0.5, 0.6) is 0 Å². The molecule has 0 aromatic heterocycles. The zero-order valence-electron chi connectivity index (χ0n) is 11.9. The molecule has 7 heteroatoms. The third kappa shape index (κ3) is 4.47. The van der Waals surface area contributed by atoms with E-state index in [-0.39, 0.29) is 6.42 Å². The van der Waals surface area contributed by atoms with E-state index in [0.717, 1.165) is 21.3 Å². The Morgan fingerprint density at radius 1 is 1.17 bits per heavy atom. The van der Waals surface area contributed by atoms with Crippen molar-refractivity contribution in [1.29, 1.82) is 0 Å². The fourth-order valence-electron chi connectivity index (χ4n) is 2.04. The molecule has 0 spiro atoms. The van der Waals surface area contributed by atoms with Crippen LogP contribution in [-0.2, 0) is 11.2 Å². The predicted octanol–water partition coefficient (Wildman–Crippen LogP) is 2.40. The number of amides is 2. The van der Waals surface area contributed by atoms with Crippen LogP contribution in [0.15, 0.2) is 42.5 Å². The first-order valence-electron chi connectivity index (χ1n) is 6.67. The van der Waals surface area contributed by atoms with Crippen molar-refractivity contribution in [2.24, 2.45) is 5.73 Å². The molecule has 2 aromatic rings. The van der Waals surface area contributed by atoms with Gasteiger partial charge in [-0.05, 0) is 52.4 Å². The van der Waals surface area contributed by atoms with Gasteiger partial charge in [0.2, 0.25) is 5.91 Å². The molecule has 0 aliphatic rings. The van der Waals surface area contributed by atoms with E-state index in [1.54, 1.807) is 6.07 Å². The summed E-state index contributed by atoms with van der Waals surface area (Å²) in [6, 6.07) is 9.54. The number of rotatable bonds is 5. The Balaban J connectivity index is 2.18. The monoisotopic (exact) mass is 430 g/mol. The summed E-state index contributed by atoms with van der Waals surface area (Å²) in [4.78, 5) is 23.6. The first kappa shape index (κ1) is 17.3. The number of primary amides is 1. The minimum Gasteiger partial charge on any atom is -0.368 e. The smallest absolute Gasteiger partial charge is 0.255 e. The number of nitrogens with one attached hydrogen (secondary N) is 1. The highest BCUT2D eigenvalue weighted by Crippen LogP contribution is 2.13. The lowest BCUT2D eigenvalue weighted by atomic mass is 10.0. The Morgan fingerprint density at radius 2 is 1.87 bits per heavy atom. The van der Waals surface area contributed by atoms with Crippen LogP contribution >= 0.6 is 22.6 Å². The zero-order valence-corrected chi connectivity index (χ0v) is 14.0. The van der Waals surface area contributed by atoms with Crippen LogP contribution in [0.2, 0.25) is 0 Å². The Kier molecular flexibility index (Phi) is 5.64. The molecule has 0 radical (unpaired) electrons. The highest BCUT2D eigenvalue weighted by atomic mass is 127. The Bertz CT molecular complexity index is 753. The highest BCUT2D eigenvalue weighted by Gasteiger charge is 2.22. The molecule has 0 unspecified atom stereocenters. The van der Waals surface area contributed by atoms with Crippen molar-refractivity contribution >= 4 is 34.4 Å². The minimum atomic E-state index is -1.26. The molecule has 120 valence electrons. The number of nitrogens with two attached hydrogens (primary N) is 1. The molecular weight excluding hydrogens is 417 g/mol. The highest BCUT2D eigenvalue weighted by molar-refractivity contribution is 14.1. The molecule has 0 aliphatic carbocycles. The molecule has 0 saturated carbocycles. The zero-order chi connectivity index (χ0) is 17.0. The van der Waals surface area contributed by atoms with Gasteiger partial charge < -0.3 is 11.1 Å². The Labute approximate surface area is 145 Å². The maximum atomic E-state index is 13.6. The number of benzene rings is 2. The maximum Gasteiger partial charge on any atom is 0.255 e. The molecular formula is C16H13F2IN2O2. The molecule has 23 heavy (non-hydrogen) atoms. The van der Waals surface area contributed by atoms with E-state index in [4.69, 9.17) is 5.73 Å². The van der Waals surface area contributed by atoms with E-state index in [0.29, 0.717) is 0 Å². The fourth-order valence-corrected chi connectivity index (χ4v) is 2.65. The summed E-state index contributed by atoms with van der Waals surface area (Å²) in [6.07, 6.45) is 0.162. The largest absolute Gasteiger partial charge is 0.368 e. The molecule has 3 N–H and O–H groups in total. The predicted molar refractivity (Wildman–Crippen MR) is 89.7 cm³/mol. The van der Waals surface area contributed by atoms with E-state index >= 15 is 0 Å². The SMILES string of the molecule is NC(=O)[C@@H](Cc1cccc(I)c1)NC(=O)c1cccc(F)c1F. The van der Waals surface area contributed by atoms with Crippen molar-refractivity contribution in [3.05, 3.63) is 68.8 Å². The number of hydrogen-bond donors (Lipinski definition) is 2. The van der Waals surface area contributed by atoms with E-state index in [1.165, 1.54) is 6.07 Å². The number of carbonyl (C=O) groups is 2. The lowest BCUT2D eigenvalue weighted by molar-refractivity contribution is -0.119. The average molecular weight is 430 g/mol. The summed E-state index contributed by atoms with van der Waals surface area (Å²) >= 11 is 2.12. The topological polar surface area (TPSA) is 72.2 Å². The summed E-state index contributed by atoms with van der Waals surface area (Å²) in [5.41, 5.74) is 5.61. The van der Waals surface area contributed by atoms with Gasteiger partial charge in [-0.1, -0.05) is 18.2 Å². The molecule has 4 nitrogen and oxygen atoms in total.